The molecule has 2 aromatic rings. The van der Waals surface area contributed by atoms with Crippen LogP contribution in [0, 0.1) is 13.8 Å². The number of nitrogens with one attached hydrogen (secondary N) is 1. The van der Waals surface area contributed by atoms with Gasteiger partial charge in [0.15, 0.2) is 0 Å². The lowest BCUT2D eigenvalue weighted by Gasteiger charge is -2.12. The molecule has 100 valence electrons. The summed E-state index contributed by atoms with van der Waals surface area (Å²) in [4.78, 5) is 8.68. The highest BCUT2D eigenvalue weighted by Gasteiger charge is 2.08. The Morgan fingerprint density at radius 2 is 2.05 bits per heavy atom. The highest BCUT2D eigenvalue weighted by atomic mass is 35.5. The summed E-state index contributed by atoms with van der Waals surface area (Å²) >= 11 is 6.17. The van der Waals surface area contributed by atoms with E-state index in [-0.39, 0.29) is 0 Å². The van der Waals surface area contributed by atoms with Gasteiger partial charge in [0.05, 0.1) is 24.7 Å². The van der Waals surface area contributed by atoms with Crippen LogP contribution in [-0.2, 0) is 6.54 Å². The molecule has 0 bridgehead atoms. The molecular formula is C14H16ClN3O. The van der Waals surface area contributed by atoms with Gasteiger partial charge in [-0.05, 0) is 26.0 Å². The molecule has 19 heavy (non-hydrogen) atoms. The van der Waals surface area contributed by atoms with Gasteiger partial charge >= 0.3 is 0 Å². The molecule has 0 aliphatic carbocycles. The zero-order valence-corrected chi connectivity index (χ0v) is 12.0. The average molecular weight is 278 g/mol. The van der Waals surface area contributed by atoms with E-state index >= 15 is 0 Å². The standard InChI is InChI=1S/C14H16ClN3O/c1-9-10(2)18-14(8-16-9)17-7-11-12(15)5-4-6-13(11)19-3/h4-6,8H,7H2,1-3H3,(H,17,18). The maximum Gasteiger partial charge on any atom is 0.145 e. The highest BCUT2D eigenvalue weighted by Crippen LogP contribution is 2.26. The number of halogens is 1. The summed E-state index contributed by atoms with van der Waals surface area (Å²) in [5, 5.41) is 3.88. The SMILES string of the molecule is COc1cccc(Cl)c1CNc1cnc(C)c(C)n1. The predicted octanol–water partition coefficient (Wildman–Crippen LogP) is 3.37. The van der Waals surface area contributed by atoms with Gasteiger partial charge in [0.25, 0.3) is 0 Å². The summed E-state index contributed by atoms with van der Waals surface area (Å²) in [5.74, 6) is 1.49. The fraction of sp³-hybridized carbons (Fsp3) is 0.286. The minimum atomic E-state index is 0.542. The molecule has 0 aliphatic heterocycles. The van der Waals surface area contributed by atoms with Gasteiger partial charge in [-0.3, -0.25) is 4.98 Å². The second kappa shape index (κ2) is 5.89. The largest absolute Gasteiger partial charge is 0.496 e. The van der Waals surface area contributed by atoms with Crippen molar-refractivity contribution in [2.45, 2.75) is 20.4 Å². The summed E-state index contributed by atoms with van der Waals surface area (Å²) in [7, 11) is 1.63. The van der Waals surface area contributed by atoms with Crippen LogP contribution in [0.4, 0.5) is 5.82 Å². The van der Waals surface area contributed by atoms with Crippen molar-refractivity contribution in [1.29, 1.82) is 0 Å². The molecule has 1 heterocycles. The first-order chi connectivity index (χ1) is 9.11. The van der Waals surface area contributed by atoms with E-state index < -0.39 is 0 Å². The Balaban J connectivity index is 2.16. The number of hydrogen-bond donors (Lipinski definition) is 1. The molecule has 0 spiro atoms. The van der Waals surface area contributed by atoms with Crippen molar-refractivity contribution in [3.8, 4) is 5.75 Å². The van der Waals surface area contributed by atoms with Crippen LogP contribution in [-0.4, -0.2) is 17.1 Å². The summed E-state index contributed by atoms with van der Waals surface area (Å²) < 4.78 is 5.30. The van der Waals surface area contributed by atoms with Crippen molar-refractivity contribution in [3.63, 3.8) is 0 Å². The summed E-state index contributed by atoms with van der Waals surface area (Å²) in [6, 6.07) is 5.59. The molecular weight excluding hydrogens is 262 g/mol. The Morgan fingerprint density at radius 3 is 2.74 bits per heavy atom. The van der Waals surface area contributed by atoms with E-state index in [4.69, 9.17) is 16.3 Å². The minimum absolute atomic E-state index is 0.542. The third kappa shape index (κ3) is 3.15. The number of nitrogens with zero attached hydrogens (tertiary/aromatic N) is 2. The van der Waals surface area contributed by atoms with Crippen LogP contribution in [0.2, 0.25) is 5.02 Å². The normalized spacial score (nSPS) is 10.3. The van der Waals surface area contributed by atoms with Gasteiger partial charge in [0, 0.05) is 17.1 Å². The fourth-order valence-corrected chi connectivity index (χ4v) is 1.94. The van der Waals surface area contributed by atoms with E-state index in [1.807, 2.05) is 32.0 Å². The first-order valence-electron chi connectivity index (χ1n) is 5.97. The van der Waals surface area contributed by atoms with E-state index in [1.54, 1.807) is 13.3 Å². The summed E-state index contributed by atoms with van der Waals surface area (Å²) in [6.45, 7) is 4.41. The van der Waals surface area contributed by atoms with Gasteiger partial charge in [-0.25, -0.2) is 4.98 Å². The van der Waals surface area contributed by atoms with Gasteiger partial charge in [-0.2, -0.15) is 0 Å². The molecule has 0 atom stereocenters. The molecule has 0 amide bonds. The second-order valence-corrected chi connectivity index (χ2v) is 4.61. The number of benzene rings is 1. The van der Waals surface area contributed by atoms with E-state index in [2.05, 4.69) is 15.3 Å². The number of ether oxygens (including phenoxy) is 1. The van der Waals surface area contributed by atoms with E-state index in [0.29, 0.717) is 11.6 Å². The third-order valence-corrected chi connectivity index (χ3v) is 3.29. The van der Waals surface area contributed by atoms with Crippen LogP contribution in [0.1, 0.15) is 17.0 Å². The van der Waals surface area contributed by atoms with Gasteiger partial charge < -0.3 is 10.1 Å². The van der Waals surface area contributed by atoms with Crippen molar-refractivity contribution in [3.05, 3.63) is 46.4 Å². The first-order valence-corrected chi connectivity index (χ1v) is 6.35. The molecule has 1 aromatic carbocycles. The van der Waals surface area contributed by atoms with Crippen LogP contribution < -0.4 is 10.1 Å². The van der Waals surface area contributed by atoms with Crippen LogP contribution >= 0.6 is 11.6 Å². The second-order valence-electron chi connectivity index (χ2n) is 4.20. The Kier molecular flexibility index (Phi) is 4.22. The molecule has 0 fully saturated rings. The van der Waals surface area contributed by atoms with E-state index in [0.717, 1.165) is 28.5 Å². The molecule has 0 unspecified atom stereocenters. The molecule has 0 aliphatic rings. The van der Waals surface area contributed by atoms with Crippen LogP contribution in [0.15, 0.2) is 24.4 Å². The monoisotopic (exact) mass is 277 g/mol. The topological polar surface area (TPSA) is 47.0 Å². The van der Waals surface area contributed by atoms with Gasteiger partial charge in [-0.1, -0.05) is 17.7 Å². The Morgan fingerprint density at radius 1 is 1.26 bits per heavy atom. The number of aromatic nitrogens is 2. The zero-order valence-electron chi connectivity index (χ0n) is 11.2. The summed E-state index contributed by atoms with van der Waals surface area (Å²) in [5.41, 5.74) is 2.75. The highest BCUT2D eigenvalue weighted by molar-refractivity contribution is 6.31. The Bertz CT molecular complexity index is 587. The molecule has 4 nitrogen and oxygen atoms in total. The quantitative estimate of drug-likeness (QED) is 0.931. The number of anilines is 1. The lowest BCUT2D eigenvalue weighted by atomic mass is 10.2. The van der Waals surface area contributed by atoms with Gasteiger partial charge in [0.2, 0.25) is 0 Å². The van der Waals surface area contributed by atoms with E-state index in [1.165, 1.54) is 0 Å². The van der Waals surface area contributed by atoms with Crippen molar-refractivity contribution in [2.24, 2.45) is 0 Å². The molecule has 1 aromatic heterocycles. The van der Waals surface area contributed by atoms with Crippen molar-refractivity contribution >= 4 is 17.4 Å². The van der Waals surface area contributed by atoms with E-state index in [9.17, 15) is 0 Å². The summed E-state index contributed by atoms with van der Waals surface area (Å²) in [6.07, 6.45) is 1.71. The minimum Gasteiger partial charge on any atom is -0.496 e. The van der Waals surface area contributed by atoms with Crippen molar-refractivity contribution < 1.29 is 4.74 Å². The molecule has 0 saturated carbocycles. The Hall–Kier alpha value is -1.81. The number of rotatable bonds is 4. The smallest absolute Gasteiger partial charge is 0.145 e. The molecule has 1 N–H and O–H groups in total. The third-order valence-electron chi connectivity index (χ3n) is 2.93. The van der Waals surface area contributed by atoms with Gasteiger partial charge in [-0.15, -0.1) is 0 Å². The fourth-order valence-electron chi connectivity index (χ4n) is 1.71. The molecule has 2 rings (SSSR count). The van der Waals surface area contributed by atoms with Crippen LogP contribution in [0.3, 0.4) is 0 Å². The van der Waals surface area contributed by atoms with Gasteiger partial charge in [0.1, 0.15) is 11.6 Å². The van der Waals surface area contributed by atoms with Crippen LogP contribution in [0.5, 0.6) is 5.75 Å². The first kappa shape index (κ1) is 13.6. The number of methoxy groups -OCH3 is 1. The number of hydrogen-bond acceptors (Lipinski definition) is 4. The van der Waals surface area contributed by atoms with Crippen molar-refractivity contribution in [1.82, 2.24) is 9.97 Å². The average Bonchev–Trinajstić information content (AvgIpc) is 2.41. The maximum absolute atomic E-state index is 6.17. The Labute approximate surface area is 117 Å². The zero-order chi connectivity index (χ0) is 13.8. The predicted molar refractivity (Wildman–Crippen MR) is 76.8 cm³/mol. The number of aryl methyl sites for hydroxylation is 2. The van der Waals surface area contributed by atoms with Crippen LogP contribution in [0.25, 0.3) is 0 Å². The van der Waals surface area contributed by atoms with Crippen molar-refractivity contribution in [2.75, 3.05) is 12.4 Å². The lowest BCUT2D eigenvalue weighted by Crippen LogP contribution is -2.05. The molecule has 0 radical (unpaired) electrons. The maximum atomic E-state index is 6.17. The molecule has 0 saturated heterocycles. The molecule has 5 heteroatoms. The lowest BCUT2D eigenvalue weighted by molar-refractivity contribution is 0.410.